The molecule has 1 amide bonds. The molecule has 2 N–H and O–H groups in total. The van der Waals surface area contributed by atoms with Gasteiger partial charge in [0.15, 0.2) is 5.76 Å². The van der Waals surface area contributed by atoms with E-state index in [1.807, 2.05) is 0 Å². The molecule has 3 rings (SSSR count). The number of amides is 1. The molecule has 0 bridgehead atoms. The summed E-state index contributed by atoms with van der Waals surface area (Å²) in [6.07, 6.45) is 4.14. The highest BCUT2D eigenvalue weighted by Gasteiger charge is 2.25. The number of nitrogens with two attached hydrogens (primary N) is 1. The number of rotatable bonds is 3. The van der Waals surface area contributed by atoms with Crippen LogP contribution < -0.4 is 10.6 Å². The Labute approximate surface area is 128 Å². The first-order chi connectivity index (χ1) is 10.7. The summed E-state index contributed by atoms with van der Waals surface area (Å²) in [6.45, 7) is 4.76. The molecular formula is C15H19N5O2. The second kappa shape index (κ2) is 6.05. The first kappa shape index (κ1) is 14.4. The number of nitrogens with zero attached hydrogens (tertiary/aromatic N) is 4. The van der Waals surface area contributed by atoms with Crippen LogP contribution in [0, 0.1) is 0 Å². The maximum Gasteiger partial charge on any atom is 0.289 e. The number of furan rings is 1. The monoisotopic (exact) mass is 301 g/mol. The van der Waals surface area contributed by atoms with Gasteiger partial charge in [-0.05, 0) is 18.6 Å². The molecule has 0 saturated carbocycles. The first-order valence-corrected chi connectivity index (χ1v) is 7.38. The van der Waals surface area contributed by atoms with Crippen LogP contribution in [-0.4, -0.2) is 47.0 Å². The normalized spacial score (nSPS) is 15.1. The molecule has 1 fully saturated rings. The summed E-state index contributed by atoms with van der Waals surface area (Å²) in [5, 5.41) is 0. The summed E-state index contributed by atoms with van der Waals surface area (Å²) in [7, 11) is 0. The van der Waals surface area contributed by atoms with Crippen LogP contribution in [0.4, 0.5) is 11.8 Å². The molecule has 0 radical (unpaired) electrons. The Morgan fingerprint density at radius 1 is 1.36 bits per heavy atom. The van der Waals surface area contributed by atoms with Gasteiger partial charge in [-0.2, -0.15) is 4.98 Å². The Hall–Kier alpha value is -2.57. The summed E-state index contributed by atoms with van der Waals surface area (Å²) in [5.74, 6) is 1.47. The summed E-state index contributed by atoms with van der Waals surface area (Å²) in [4.78, 5) is 24.6. The third kappa shape index (κ3) is 2.74. The molecule has 7 nitrogen and oxygen atoms in total. The van der Waals surface area contributed by atoms with E-state index in [1.54, 1.807) is 23.2 Å². The topological polar surface area (TPSA) is 88.5 Å². The molecule has 1 aliphatic rings. The predicted octanol–water partition coefficient (Wildman–Crippen LogP) is 1.18. The highest BCUT2D eigenvalue weighted by Crippen LogP contribution is 2.21. The molecule has 0 aromatic carbocycles. The van der Waals surface area contributed by atoms with Crippen LogP contribution in [0.25, 0.3) is 0 Å². The second-order valence-electron chi connectivity index (χ2n) is 5.19. The standard InChI is InChI=1S/C15H19N5O2/c1-2-11-10-17-15(16)18-13(11)19-5-7-20(8-6-19)14(21)12-4-3-9-22-12/h3-4,9-10H,2,5-8H2,1H3,(H2,16,17,18). The third-order valence-corrected chi connectivity index (χ3v) is 3.84. The van der Waals surface area contributed by atoms with Crippen molar-refractivity contribution in [2.45, 2.75) is 13.3 Å². The molecule has 7 heteroatoms. The lowest BCUT2D eigenvalue weighted by Crippen LogP contribution is -2.49. The van der Waals surface area contributed by atoms with Crippen molar-refractivity contribution in [3.05, 3.63) is 35.9 Å². The number of piperazine rings is 1. The summed E-state index contributed by atoms with van der Waals surface area (Å²) in [5.41, 5.74) is 6.77. The maximum atomic E-state index is 12.2. The first-order valence-electron chi connectivity index (χ1n) is 7.38. The Morgan fingerprint density at radius 3 is 2.77 bits per heavy atom. The fraction of sp³-hybridized carbons (Fsp3) is 0.400. The van der Waals surface area contributed by atoms with Crippen molar-refractivity contribution in [3.63, 3.8) is 0 Å². The van der Waals surface area contributed by atoms with E-state index in [9.17, 15) is 4.79 Å². The van der Waals surface area contributed by atoms with E-state index >= 15 is 0 Å². The van der Waals surface area contributed by atoms with Gasteiger partial charge in [-0.25, -0.2) is 4.98 Å². The van der Waals surface area contributed by atoms with Gasteiger partial charge in [-0.3, -0.25) is 4.79 Å². The van der Waals surface area contributed by atoms with Crippen LogP contribution in [-0.2, 0) is 6.42 Å². The van der Waals surface area contributed by atoms with E-state index in [4.69, 9.17) is 10.2 Å². The van der Waals surface area contributed by atoms with Crippen molar-refractivity contribution in [1.82, 2.24) is 14.9 Å². The average molecular weight is 301 g/mol. The van der Waals surface area contributed by atoms with Crippen LogP contribution in [0.2, 0.25) is 0 Å². The van der Waals surface area contributed by atoms with Gasteiger partial charge in [0.25, 0.3) is 5.91 Å². The highest BCUT2D eigenvalue weighted by atomic mass is 16.3. The van der Waals surface area contributed by atoms with Crippen LogP contribution in [0.15, 0.2) is 29.0 Å². The zero-order chi connectivity index (χ0) is 15.5. The molecular weight excluding hydrogens is 282 g/mol. The lowest BCUT2D eigenvalue weighted by atomic mass is 10.2. The summed E-state index contributed by atoms with van der Waals surface area (Å²) >= 11 is 0. The summed E-state index contributed by atoms with van der Waals surface area (Å²) < 4.78 is 5.17. The molecule has 2 aromatic heterocycles. The third-order valence-electron chi connectivity index (χ3n) is 3.84. The quantitative estimate of drug-likeness (QED) is 0.915. The van der Waals surface area contributed by atoms with E-state index in [0.717, 1.165) is 30.9 Å². The van der Waals surface area contributed by atoms with E-state index in [1.165, 1.54) is 6.26 Å². The minimum absolute atomic E-state index is 0.0671. The van der Waals surface area contributed by atoms with Crippen LogP contribution in [0.3, 0.4) is 0 Å². The molecule has 0 spiro atoms. The van der Waals surface area contributed by atoms with Gasteiger partial charge in [0, 0.05) is 37.9 Å². The number of hydrogen-bond acceptors (Lipinski definition) is 6. The summed E-state index contributed by atoms with van der Waals surface area (Å²) in [6, 6.07) is 3.41. The number of aromatic nitrogens is 2. The van der Waals surface area contributed by atoms with Gasteiger partial charge in [0.05, 0.1) is 6.26 Å². The van der Waals surface area contributed by atoms with Gasteiger partial charge >= 0.3 is 0 Å². The van der Waals surface area contributed by atoms with Crippen LogP contribution in [0.1, 0.15) is 23.0 Å². The average Bonchev–Trinajstić information content (AvgIpc) is 3.09. The largest absolute Gasteiger partial charge is 0.459 e. The SMILES string of the molecule is CCc1cnc(N)nc1N1CCN(C(=O)c2ccco2)CC1. The van der Waals surface area contributed by atoms with E-state index in [0.29, 0.717) is 18.8 Å². The van der Waals surface area contributed by atoms with Crippen LogP contribution >= 0.6 is 0 Å². The number of hydrogen-bond donors (Lipinski definition) is 1. The minimum atomic E-state index is -0.0671. The molecule has 116 valence electrons. The molecule has 3 heterocycles. The number of carbonyl (C=O) groups excluding carboxylic acids is 1. The Bertz CT molecular complexity index is 648. The Morgan fingerprint density at radius 2 is 2.14 bits per heavy atom. The fourth-order valence-corrected chi connectivity index (χ4v) is 2.61. The number of nitrogen functional groups attached to an aromatic ring is 1. The molecule has 1 aliphatic heterocycles. The maximum absolute atomic E-state index is 12.2. The van der Waals surface area contributed by atoms with Crippen molar-refractivity contribution in [1.29, 1.82) is 0 Å². The number of carbonyl (C=O) groups is 1. The van der Waals surface area contributed by atoms with Crippen molar-refractivity contribution in [3.8, 4) is 0 Å². The second-order valence-corrected chi connectivity index (χ2v) is 5.19. The number of anilines is 2. The van der Waals surface area contributed by atoms with Crippen molar-refractivity contribution in [2.75, 3.05) is 36.8 Å². The molecule has 0 unspecified atom stereocenters. The molecule has 2 aromatic rings. The van der Waals surface area contributed by atoms with E-state index < -0.39 is 0 Å². The van der Waals surface area contributed by atoms with Crippen molar-refractivity contribution < 1.29 is 9.21 Å². The van der Waals surface area contributed by atoms with Crippen LogP contribution in [0.5, 0.6) is 0 Å². The molecule has 0 atom stereocenters. The highest BCUT2D eigenvalue weighted by molar-refractivity contribution is 5.91. The van der Waals surface area contributed by atoms with Gasteiger partial charge < -0.3 is 20.0 Å². The Kier molecular flexibility index (Phi) is 3.95. The van der Waals surface area contributed by atoms with Crippen molar-refractivity contribution >= 4 is 17.7 Å². The Balaban J connectivity index is 1.69. The smallest absolute Gasteiger partial charge is 0.289 e. The van der Waals surface area contributed by atoms with Crippen molar-refractivity contribution in [2.24, 2.45) is 0 Å². The van der Waals surface area contributed by atoms with Gasteiger partial charge in [0.2, 0.25) is 5.95 Å². The lowest BCUT2D eigenvalue weighted by Gasteiger charge is -2.35. The fourth-order valence-electron chi connectivity index (χ4n) is 2.61. The lowest BCUT2D eigenvalue weighted by molar-refractivity contribution is 0.0714. The van der Waals surface area contributed by atoms with Gasteiger partial charge in [-0.1, -0.05) is 6.92 Å². The zero-order valence-electron chi connectivity index (χ0n) is 12.5. The van der Waals surface area contributed by atoms with Gasteiger partial charge in [-0.15, -0.1) is 0 Å². The van der Waals surface area contributed by atoms with E-state index in [2.05, 4.69) is 21.8 Å². The molecule has 1 saturated heterocycles. The molecule has 0 aliphatic carbocycles. The van der Waals surface area contributed by atoms with Gasteiger partial charge in [0.1, 0.15) is 5.82 Å². The zero-order valence-corrected chi connectivity index (χ0v) is 12.5. The molecule has 22 heavy (non-hydrogen) atoms. The minimum Gasteiger partial charge on any atom is -0.459 e. The number of aryl methyl sites for hydroxylation is 1. The predicted molar refractivity (Wildman–Crippen MR) is 82.6 cm³/mol. The van der Waals surface area contributed by atoms with E-state index in [-0.39, 0.29) is 11.9 Å².